The van der Waals surface area contributed by atoms with Crippen LogP contribution in [0.5, 0.6) is 0 Å². The van der Waals surface area contributed by atoms with Crippen LogP contribution in [0.3, 0.4) is 0 Å². The second-order valence-corrected chi connectivity index (χ2v) is 8.60. The Bertz CT molecular complexity index is 447. The molecule has 0 N–H and O–H groups in total. The largest absolute Gasteiger partial charge is 1.00 e. The van der Waals surface area contributed by atoms with E-state index in [1.165, 1.54) is 24.0 Å². The van der Waals surface area contributed by atoms with Gasteiger partial charge in [-0.3, -0.25) is 0 Å². The Balaban J connectivity index is 0.00000144. The Morgan fingerprint density at radius 1 is 0.833 bits per heavy atom. The minimum absolute atomic E-state index is 0. The Morgan fingerprint density at radius 2 is 1.17 bits per heavy atom. The molecule has 0 heterocycles. The van der Waals surface area contributed by atoms with Crippen LogP contribution in [0, 0.1) is 0 Å². The molecule has 0 spiro atoms. The van der Waals surface area contributed by atoms with E-state index in [1.807, 2.05) is 0 Å². The Labute approximate surface area is 129 Å². The third kappa shape index (κ3) is 3.57. The van der Waals surface area contributed by atoms with Crippen LogP contribution in [-0.4, -0.2) is 4.82 Å². The zero-order valence-corrected chi connectivity index (χ0v) is 14.6. The Morgan fingerprint density at radius 3 is 1.39 bits per heavy atom. The molecule has 2 aliphatic rings. The zero-order valence-electron chi connectivity index (χ0n) is 11.5. The van der Waals surface area contributed by atoms with Crippen molar-refractivity contribution < 1.29 is 42.2 Å². The molecule has 0 fully saturated rings. The first-order valence-electron chi connectivity index (χ1n) is 5.92. The maximum Gasteiger partial charge on any atom is -1.00 e. The first-order valence-corrected chi connectivity index (χ1v) is 8.59. The van der Waals surface area contributed by atoms with Gasteiger partial charge in [0, 0.05) is 0 Å². The van der Waals surface area contributed by atoms with E-state index in [4.69, 9.17) is 0 Å². The van der Waals surface area contributed by atoms with Gasteiger partial charge in [-0.25, -0.2) is 0 Å². The molecule has 98 valence electrons. The molecular weight excluding hydrogens is 299 g/mol. The zero-order chi connectivity index (χ0) is 11.9. The van der Waals surface area contributed by atoms with Crippen molar-refractivity contribution in [2.75, 3.05) is 0 Å². The van der Waals surface area contributed by atoms with Gasteiger partial charge in [0.15, 0.2) is 0 Å². The van der Waals surface area contributed by atoms with Gasteiger partial charge in [-0.05, 0) is 0 Å². The summed E-state index contributed by atoms with van der Waals surface area (Å²) in [5.74, 6) is 0. The summed E-state index contributed by atoms with van der Waals surface area (Å²) >= 11 is -1.36. The van der Waals surface area contributed by atoms with Gasteiger partial charge in [0.25, 0.3) is 0 Å². The quantitative estimate of drug-likeness (QED) is 0.532. The predicted molar refractivity (Wildman–Crippen MR) is 69.3 cm³/mol. The molecule has 18 heavy (non-hydrogen) atoms. The van der Waals surface area contributed by atoms with E-state index >= 15 is 0 Å². The van der Waals surface area contributed by atoms with Crippen molar-refractivity contribution in [1.82, 2.24) is 0 Å². The van der Waals surface area contributed by atoms with Crippen molar-refractivity contribution in [2.24, 2.45) is 0 Å². The first kappa shape index (κ1) is 18.1. The molecule has 0 aromatic carbocycles. The van der Waals surface area contributed by atoms with E-state index in [9.17, 15) is 0 Å². The van der Waals surface area contributed by atoms with Crippen LogP contribution in [0.1, 0.15) is 40.5 Å². The molecule has 2 aliphatic carbocycles. The summed E-state index contributed by atoms with van der Waals surface area (Å²) in [6.45, 7) is 8.96. The molecule has 0 unspecified atom stereocenters. The minimum atomic E-state index is -1.36. The molecule has 0 saturated heterocycles. The van der Waals surface area contributed by atoms with Crippen LogP contribution in [0.4, 0.5) is 0 Å². The molecule has 0 aromatic heterocycles. The monoisotopic (exact) mass is 318 g/mol. The van der Waals surface area contributed by atoms with Gasteiger partial charge < -0.3 is 24.8 Å². The third-order valence-corrected chi connectivity index (χ3v) is 7.24. The van der Waals surface area contributed by atoms with E-state index in [0.717, 1.165) is 0 Å². The van der Waals surface area contributed by atoms with E-state index in [1.54, 1.807) is 18.9 Å². The number of allylic oxidation sites excluding steroid dienone is 8. The van der Waals surface area contributed by atoms with Crippen LogP contribution in [0.15, 0.2) is 42.2 Å². The molecule has 0 nitrogen and oxygen atoms in total. The standard InChI is InChI=1S/2C7H9.CH2.2ClH.Ti/c2*1-6-4-3-5-7(6)2;;;;/h2*4H,5H2,1-2H3;1H2;2*1H;/q;;;;;+2/p-2. The van der Waals surface area contributed by atoms with Gasteiger partial charge in [-0.15, -0.1) is 0 Å². The maximum absolute atomic E-state index is 4.52. The minimum Gasteiger partial charge on any atom is -1.00 e. The van der Waals surface area contributed by atoms with Crippen molar-refractivity contribution >= 4 is 4.82 Å². The van der Waals surface area contributed by atoms with E-state index in [-0.39, 0.29) is 24.8 Å². The smallest absolute Gasteiger partial charge is 1.00 e. The molecule has 0 saturated carbocycles. The van der Waals surface area contributed by atoms with Gasteiger partial charge in [-0.2, -0.15) is 0 Å². The molecular formula is C15H20Cl2Ti. The normalized spacial score (nSPS) is 17.7. The van der Waals surface area contributed by atoms with Crippen molar-refractivity contribution in [3.05, 3.63) is 42.2 Å². The van der Waals surface area contributed by atoms with Crippen LogP contribution in [0.2, 0.25) is 0 Å². The van der Waals surface area contributed by atoms with Crippen LogP contribution < -0.4 is 24.8 Å². The molecule has 0 atom stereocenters. The topological polar surface area (TPSA) is 0 Å². The number of hydrogen-bond donors (Lipinski definition) is 0. The second kappa shape index (κ2) is 7.05. The molecule has 3 heteroatoms. The van der Waals surface area contributed by atoms with Gasteiger partial charge in [-0.1, -0.05) is 0 Å². The van der Waals surface area contributed by atoms with Crippen LogP contribution >= 0.6 is 0 Å². The summed E-state index contributed by atoms with van der Waals surface area (Å²) in [4.78, 5) is 4.52. The van der Waals surface area contributed by atoms with Gasteiger partial charge in [0.1, 0.15) is 0 Å². The summed E-state index contributed by atoms with van der Waals surface area (Å²) in [6.07, 6.45) is 7.20. The first-order chi connectivity index (χ1) is 7.49. The molecule has 0 radical (unpaired) electrons. The SMILES string of the molecule is [CH2]=[Ti+2]([C]1=CC(C)=C(C)C1)[C]1=CC(C)=C(C)C1.[Cl-].[Cl-]. The number of hydrogen-bond acceptors (Lipinski definition) is 0. The fourth-order valence-electron chi connectivity index (χ4n) is 2.32. The number of rotatable bonds is 2. The number of halogens is 2. The van der Waals surface area contributed by atoms with Gasteiger partial charge in [0.05, 0.1) is 0 Å². The van der Waals surface area contributed by atoms with Crippen molar-refractivity contribution in [2.45, 2.75) is 40.5 Å². The predicted octanol–water partition coefficient (Wildman–Crippen LogP) is -1.71. The van der Waals surface area contributed by atoms with E-state index in [0.29, 0.717) is 0 Å². The average Bonchev–Trinajstić information content (AvgIpc) is 2.72. The third-order valence-electron chi connectivity index (χ3n) is 3.81. The second-order valence-electron chi connectivity index (χ2n) is 5.10. The van der Waals surface area contributed by atoms with Gasteiger partial charge >= 0.3 is 105 Å². The van der Waals surface area contributed by atoms with Crippen LogP contribution in [-0.2, 0) is 17.4 Å². The summed E-state index contributed by atoms with van der Waals surface area (Å²) in [5, 5.41) is 0. The van der Waals surface area contributed by atoms with Crippen molar-refractivity contribution in [3.8, 4) is 0 Å². The summed E-state index contributed by atoms with van der Waals surface area (Å²) in [7, 11) is 0. The summed E-state index contributed by atoms with van der Waals surface area (Å²) < 4.78 is 3.31. The van der Waals surface area contributed by atoms with Crippen molar-refractivity contribution in [1.29, 1.82) is 0 Å². The molecule has 0 bridgehead atoms. The van der Waals surface area contributed by atoms with Crippen molar-refractivity contribution in [3.63, 3.8) is 0 Å². The molecule has 0 aliphatic heterocycles. The summed E-state index contributed by atoms with van der Waals surface area (Å²) in [5.41, 5.74) is 6.04. The van der Waals surface area contributed by atoms with E-state index < -0.39 is 17.4 Å². The Hall–Kier alpha value is 0.124. The van der Waals surface area contributed by atoms with Crippen LogP contribution in [0.25, 0.3) is 0 Å². The maximum atomic E-state index is 4.52. The molecule has 0 aromatic rings. The Kier molecular flexibility index (Phi) is 7.10. The van der Waals surface area contributed by atoms with Gasteiger partial charge in [0.2, 0.25) is 0 Å². The average molecular weight is 319 g/mol. The molecule has 0 amide bonds. The fraction of sp³-hybridized carbons (Fsp3) is 0.400. The summed E-state index contributed by atoms with van der Waals surface area (Å²) in [6, 6.07) is 0. The fourth-order valence-corrected chi connectivity index (χ4v) is 5.67. The molecule has 2 rings (SSSR count). The van der Waals surface area contributed by atoms with E-state index in [2.05, 4.69) is 44.7 Å².